The Balaban J connectivity index is 4.22. The van der Waals surface area contributed by atoms with Crippen LogP contribution in [0.15, 0.2) is 60.8 Å². The molecule has 0 saturated heterocycles. The molecule has 0 bridgehead atoms. The summed E-state index contributed by atoms with van der Waals surface area (Å²) in [7, 11) is 0. The number of hydrogen-bond donors (Lipinski definition) is 0. The van der Waals surface area contributed by atoms with Gasteiger partial charge in [-0.1, -0.05) is 319 Å². The number of ether oxygens (including phenoxy) is 3. The van der Waals surface area contributed by atoms with Gasteiger partial charge in [-0.3, -0.25) is 14.4 Å². The largest absolute Gasteiger partial charge is 0.462 e. The first-order chi connectivity index (χ1) is 40.5. The van der Waals surface area contributed by atoms with Crippen molar-refractivity contribution in [3.8, 4) is 0 Å². The van der Waals surface area contributed by atoms with E-state index in [1.165, 1.54) is 270 Å². The van der Waals surface area contributed by atoms with Gasteiger partial charge in [0.2, 0.25) is 0 Å². The highest BCUT2D eigenvalue weighted by Crippen LogP contribution is 2.18. The number of unbranched alkanes of at least 4 members (excludes halogenated alkanes) is 46. The summed E-state index contributed by atoms with van der Waals surface area (Å²) in [6, 6.07) is 0. The maximum absolute atomic E-state index is 13.0. The summed E-state index contributed by atoms with van der Waals surface area (Å²) in [5.41, 5.74) is 0. The standard InChI is InChI=1S/C76H138O6/c1-4-7-10-13-16-19-22-25-27-29-31-33-35-37-38-40-41-43-45-47-49-51-54-57-60-63-66-69-75(78)81-72-73(71-80-74(77)68-65-62-59-56-53-24-21-18-15-12-9-6-3)82-76(79)70-67-64-61-58-55-52-50-48-46-44-42-39-36-34-32-30-28-26-23-20-17-14-11-8-5-2/h18,21-22,25,29-32,35,37,73H,4-17,19-20,23-24,26-28,33-34,36,38-72H2,1-3H3/b21-18-,25-22-,31-29-,32-30-,37-35-. The van der Waals surface area contributed by atoms with Crippen molar-refractivity contribution in [3.63, 3.8) is 0 Å². The Kier molecular flexibility index (Phi) is 68.1. The Morgan fingerprint density at radius 2 is 0.439 bits per heavy atom. The predicted molar refractivity (Wildman–Crippen MR) is 358 cm³/mol. The fraction of sp³-hybridized carbons (Fsp3) is 0.829. The molecule has 0 aliphatic heterocycles. The minimum absolute atomic E-state index is 0.0747. The molecule has 478 valence electrons. The maximum Gasteiger partial charge on any atom is 0.306 e. The lowest BCUT2D eigenvalue weighted by atomic mass is 10.0. The minimum Gasteiger partial charge on any atom is -0.462 e. The molecule has 1 unspecified atom stereocenters. The average Bonchev–Trinajstić information content (AvgIpc) is 3.48. The normalized spacial score (nSPS) is 12.4. The molecule has 0 aromatic carbocycles. The third kappa shape index (κ3) is 67.9. The van der Waals surface area contributed by atoms with E-state index in [2.05, 4.69) is 81.5 Å². The van der Waals surface area contributed by atoms with E-state index in [1.54, 1.807) is 0 Å². The molecule has 0 spiro atoms. The van der Waals surface area contributed by atoms with Crippen LogP contribution in [0.4, 0.5) is 0 Å². The van der Waals surface area contributed by atoms with Gasteiger partial charge in [0, 0.05) is 19.3 Å². The van der Waals surface area contributed by atoms with Crippen molar-refractivity contribution in [1.29, 1.82) is 0 Å². The van der Waals surface area contributed by atoms with Gasteiger partial charge in [0.1, 0.15) is 13.2 Å². The van der Waals surface area contributed by atoms with Crippen LogP contribution < -0.4 is 0 Å². The molecule has 0 saturated carbocycles. The summed E-state index contributed by atoms with van der Waals surface area (Å²) >= 11 is 0. The molecule has 0 amide bonds. The van der Waals surface area contributed by atoms with Crippen LogP contribution in [-0.2, 0) is 28.6 Å². The van der Waals surface area contributed by atoms with Crippen molar-refractivity contribution < 1.29 is 28.6 Å². The van der Waals surface area contributed by atoms with Gasteiger partial charge >= 0.3 is 17.9 Å². The first-order valence-electron chi connectivity index (χ1n) is 36.3. The zero-order valence-corrected chi connectivity index (χ0v) is 55.0. The monoisotopic (exact) mass is 1150 g/mol. The van der Waals surface area contributed by atoms with Gasteiger partial charge in [-0.05, 0) is 109 Å². The quantitative estimate of drug-likeness (QED) is 0.0261. The van der Waals surface area contributed by atoms with Gasteiger partial charge in [-0.2, -0.15) is 0 Å². The van der Waals surface area contributed by atoms with Crippen molar-refractivity contribution in [2.45, 2.75) is 393 Å². The summed E-state index contributed by atoms with van der Waals surface area (Å²) in [4.78, 5) is 38.4. The molecule has 0 aliphatic carbocycles. The van der Waals surface area contributed by atoms with Crippen molar-refractivity contribution in [2.75, 3.05) is 13.2 Å². The Morgan fingerprint density at radius 1 is 0.244 bits per heavy atom. The van der Waals surface area contributed by atoms with Crippen LogP contribution >= 0.6 is 0 Å². The number of hydrogen-bond acceptors (Lipinski definition) is 6. The molecule has 6 nitrogen and oxygen atoms in total. The van der Waals surface area contributed by atoms with Crippen LogP contribution in [-0.4, -0.2) is 37.2 Å². The van der Waals surface area contributed by atoms with Crippen LogP contribution in [0.5, 0.6) is 0 Å². The third-order valence-electron chi connectivity index (χ3n) is 16.2. The Labute approximate surface area is 510 Å². The number of allylic oxidation sites excluding steroid dienone is 10. The fourth-order valence-corrected chi connectivity index (χ4v) is 10.7. The lowest BCUT2D eigenvalue weighted by molar-refractivity contribution is -0.167. The molecule has 0 radical (unpaired) electrons. The maximum atomic E-state index is 13.0. The molecule has 0 aliphatic rings. The van der Waals surface area contributed by atoms with Gasteiger partial charge in [-0.25, -0.2) is 0 Å². The van der Waals surface area contributed by atoms with E-state index in [4.69, 9.17) is 14.2 Å². The van der Waals surface area contributed by atoms with Gasteiger partial charge in [0.25, 0.3) is 0 Å². The third-order valence-corrected chi connectivity index (χ3v) is 16.2. The van der Waals surface area contributed by atoms with E-state index < -0.39 is 6.10 Å². The van der Waals surface area contributed by atoms with Crippen molar-refractivity contribution in [1.82, 2.24) is 0 Å². The zero-order chi connectivity index (χ0) is 59.2. The highest BCUT2D eigenvalue weighted by Gasteiger charge is 2.19. The zero-order valence-electron chi connectivity index (χ0n) is 55.0. The second-order valence-electron chi connectivity index (χ2n) is 24.5. The van der Waals surface area contributed by atoms with E-state index in [9.17, 15) is 14.4 Å². The number of rotatable bonds is 67. The SMILES string of the molecule is CCCCC/C=C\CCCCCCCC(=O)OCC(COC(=O)CCCCCCCCCCCCCC/C=C\C/C=C\C/C=C\CCCCCCC)OC(=O)CCCCCCCCCCCCCCC/C=C\CCCCCCCCCC. The summed E-state index contributed by atoms with van der Waals surface area (Å²) in [6.45, 7) is 6.65. The van der Waals surface area contributed by atoms with Gasteiger partial charge < -0.3 is 14.2 Å². The lowest BCUT2D eigenvalue weighted by Crippen LogP contribution is -2.30. The Morgan fingerprint density at radius 3 is 0.720 bits per heavy atom. The molecule has 0 fully saturated rings. The van der Waals surface area contributed by atoms with Gasteiger partial charge in [-0.15, -0.1) is 0 Å². The summed E-state index contributed by atoms with van der Waals surface area (Å²) < 4.78 is 17.0. The first kappa shape index (κ1) is 79.1. The Hall–Kier alpha value is -2.89. The fourth-order valence-electron chi connectivity index (χ4n) is 10.7. The number of carbonyl (C=O) groups is 3. The summed E-state index contributed by atoms with van der Waals surface area (Å²) in [5, 5.41) is 0. The minimum atomic E-state index is -0.779. The van der Waals surface area contributed by atoms with Crippen molar-refractivity contribution in [2.24, 2.45) is 0 Å². The summed E-state index contributed by atoms with van der Waals surface area (Å²) in [6.07, 6.45) is 91.1. The smallest absolute Gasteiger partial charge is 0.306 e. The van der Waals surface area contributed by atoms with Crippen LogP contribution in [0.1, 0.15) is 387 Å². The van der Waals surface area contributed by atoms with E-state index in [0.29, 0.717) is 19.3 Å². The molecule has 1 atom stereocenters. The lowest BCUT2D eigenvalue weighted by Gasteiger charge is -2.18. The average molecular weight is 1150 g/mol. The van der Waals surface area contributed by atoms with E-state index >= 15 is 0 Å². The molecule has 0 aromatic rings. The second-order valence-corrected chi connectivity index (χ2v) is 24.5. The molecule has 82 heavy (non-hydrogen) atoms. The van der Waals surface area contributed by atoms with Crippen LogP contribution in [0.2, 0.25) is 0 Å². The molecule has 6 heteroatoms. The van der Waals surface area contributed by atoms with Crippen LogP contribution in [0.25, 0.3) is 0 Å². The van der Waals surface area contributed by atoms with Crippen LogP contribution in [0.3, 0.4) is 0 Å². The summed E-state index contributed by atoms with van der Waals surface area (Å²) in [5.74, 6) is -0.863. The Bertz CT molecular complexity index is 1460. The molecule has 0 heterocycles. The molecule has 0 N–H and O–H groups in total. The highest BCUT2D eigenvalue weighted by atomic mass is 16.6. The van der Waals surface area contributed by atoms with E-state index in [-0.39, 0.29) is 31.1 Å². The first-order valence-corrected chi connectivity index (χ1v) is 36.3. The van der Waals surface area contributed by atoms with Crippen LogP contribution in [0, 0.1) is 0 Å². The topological polar surface area (TPSA) is 78.9 Å². The second kappa shape index (κ2) is 70.6. The predicted octanol–water partition coefficient (Wildman–Crippen LogP) is 25.1. The van der Waals surface area contributed by atoms with Crippen molar-refractivity contribution >= 4 is 17.9 Å². The molecular weight excluding hydrogens is 1010 g/mol. The van der Waals surface area contributed by atoms with Gasteiger partial charge in [0.05, 0.1) is 0 Å². The van der Waals surface area contributed by atoms with Crippen molar-refractivity contribution in [3.05, 3.63) is 60.8 Å². The number of carbonyl (C=O) groups excluding carboxylic acids is 3. The highest BCUT2D eigenvalue weighted by molar-refractivity contribution is 5.71. The van der Waals surface area contributed by atoms with Gasteiger partial charge in [0.15, 0.2) is 6.10 Å². The molecule has 0 aromatic heterocycles. The molecular formula is C76H138O6. The van der Waals surface area contributed by atoms with E-state index in [0.717, 1.165) is 77.0 Å². The number of esters is 3. The van der Waals surface area contributed by atoms with E-state index in [1.807, 2.05) is 0 Å². The molecule has 0 rings (SSSR count).